The number of nitrogens with one attached hydrogen (secondary N) is 1. The third-order valence-corrected chi connectivity index (χ3v) is 4.88. The zero-order valence-corrected chi connectivity index (χ0v) is 15.6. The van der Waals surface area contributed by atoms with Gasteiger partial charge in [-0.25, -0.2) is 8.42 Å². The van der Waals surface area contributed by atoms with Gasteiger partial charge >= 0.3 is 0 Å². The van der Waals surface area contributed by atoms with Crippen LogP contribution in [-0.4, -0.2) is 20.1 Å². The highest BCUT2D eigenvalue weighted by Gasteiger charge is 2.19. The summed E-state index contributed by atoms with van der Waals surface area (Å²) < 4.78 is 32.8. The smallest absolute Gasteiger partial charge is 0.272 e. The van der Waals surface area contributed by atoms with E-state index in [2.05, 4.69) is 4.72 Å². The van der Waals surface area contributed by atoms with E-state index >= 15 is 0 Å². The van der Waals surface area contributed by atoms with E-state index in [4.69, 9.17) is 4.74 Å². The molecule has 0 saturated carbocycles. The van der Waals surface area contributed by atoms with Gasteiger partial charge in [-0.05, 0) is 56.2 Å². The van der Waals surface area contributed by atoms with Gasteiger partial charge in [0.15, 0.2) is 16.4 Å². The quantitative estimate of drug-likeness (QED) is 0.753. The highest BCUT2D eigenvalue weighted by molar-refractivity contribution is 7.97. The van der Waals surface area contributed by atoms with E-state index in [0.717, 1.165) is 11.1 Å². The van der Waals surface area contributed by atoms with Crippen molar-refractivity contribution in [3.8, 4) is 17.6 Å². The Labute approximate surface area is 153 Å². The number of benzene rings is 2. The molecule has 0 aliphatic rings. The van der Waals surface area contributed by atoms with E-state index in [1.165, 1.54) is 24.3 Å². The van der Waals surface area contributed by atoms with Crippen LogP contribution in [0.3, 0.4) is 0 Å². The molecule has 2 rings (SSSR count). The summed E-state index contributed by atoms with van der Waals surface area (Å²) in [7, 11) is -4.05. The first-order valence-electron chi connectivity index (χ1n) is 7.94. The van der Waals surface area contributed by atoms with Crippen LogP contribution in [0.15, 0.2) is 41.3 Å². The van der Waals surface area contributed by atoms with Gasteiger partial charge in [0.1, 0.15) is 6.07 Å². The first-order chi connectivity index (χ1) is 12.3. The first kappa shape index (κ1) is 19.3. The van der Waals surface area contributed by atoms with Gasteiger partial charge < -0.3 is 9.84 Å². The van der Waals surface area contributed by atoms with Gasteiger partial charge in [-0.15, -0.1) is 0 Å². The monoisotopic (exact) mass is 372 g/mol. The van der Waals surface area contributed by atoms with Gasteiger partial charge in [-0.3, -0.25) is 4.72 Å². The predicted octanol–water partition coefficient (Wildman–Crippen LogP) is 3.71. The van der Waals surface area contributed by atoms with Crippen molar-refractivity contribution < 1.29 is 18.3 Å². The Morgan fingerprint density at radius 3 is 2.62 bits per heavy atom. The van der Waals surface area contributed by atoms with Gasteiger partial charge in [0.25, 0.3) is 10.0 Å². The van der Waals surface area contributed by atoms with E-state index in [1.807, 2.05) is 13.0 Å². The normalized spacial score (nSPS) is 11.7. The maximum atomic E-state index is 12.6. The van der Waals surface area contributed by atoms with E-state index in [1.54, 1.807) is 32.0 Å². The van der Waals surface area contributed by atoms with Crippen LogP contribution < -0.4 is 9.46 Å². The Kier molecular flexibility index (Phi) is 5.90. The molecule has 0 bridgehead atoms. The third-order valence-electron chi connectivity index (χ3n) is 3.61. The fraction of sp³-hybridized carbons (Fsp3) is 0.211. The van der Waals surface area contributed by atoms with Crippen LogP contribution in [0.5, 0.6) is 11.5 Å². The number of allylic oxidation sites excluding steroid dienone is 1. The number of aromatic hydroxyl groups is 1. The standard InChI is InChI=1S/C19H20N2O4S/c1-4-25-19-11-15(6-8-18(19)22)10-16(12-20)26(23,24)21-17-7-5-13(2)9-14(17)3/h5-11,21-22H,4H2,1-3H3. The summed E-state index contributed by atoms with van der Waals surface area (Å²) >= 11 is 0. The third kappa shape index (κ3) is 4.55. The van der Waals surface area contributed by atoms with Gasteiger partial charge in [-0.1, -0.05) is 23.8 Å². The van der Waals surface area contributed by atoms with Gasteiger partial charge in [0, 0.05) is 0 Å². The van der Waals surface area contributed by atoms with Crippen molar-refractivity contribution in [2.45, 2.75) is 20.8 Å². The minimum Gasteiger partial charge on any atom is -0.504 e. The molecule has 7 heteroatoms. The average molecular weight is 372 g/mol. The lowest BCUT2D eigenvalue weighted by atomic mass is 10.1. The lowest BCUT2D eigenvalue weighted by Crippen LogP contribution is -2.15. The van der Waals surface area contributed by atoms with Crippen LogP contribution >= 0.6 is 0 Å². The van der Waals surface area contributed by atoms with E-state index in [0.29, 0.717) is 17.9 Å². The second-order valence-electron chi connectivity index (χ2n) is 5.70. The number of nitrogens with zero attached hydrogens (tertiary/aromatic N) is 1. The van der Waals surface area contributed by atoms with Gasteiger partial charge in [0.2, 0.25) is 0 Å². The molecule has 0 aliphatic heterocycles. The number of hydrogen-bond donors (Lipinski definition) is 2. The van der Waals surface area contributed by atoms with Crippen molar-refractivity contribution in [1.82, 2.24) is 0 Å². The highest BCUT2D eigenvalue weighted by atomic mass is 32.2. The molecule has 0 atom stereocenters. The van der Waals surface area contributed by atoms with Crippen LogP contribution in [0.1, 0.15) is 23.6 Å². The van der Waals surface area contributed by atoms with E-state index < -0.39 is 14.9 Å². The Bertz CT molecular complexity index is 989. The summed E-state index contributed by atoms with van der Waals surface area (Å²) in [4.78, 5) is -0.439. The molecule has 2 N–H and O–H groups in total. The predicted molar refractivity (Wildman–Crippen MR) is 101 cm³/mol. The number of phenolic OH excluding ortho intramolecular Hbond substituents is 1. The Morgan fingerprint density at radius 1 is 1.27 bits per heavy atom. The molecule has 0 saturated heterocycles. The van der Waals surface area contributed by atoms with Crippen molar-refractivity contribution in [3.63, 3.8) is 0 Å². The fourth-order valence-electron chi connectivity index (χ4n) is 2.34. The van der Waals surface area contributed by atoms with Gasteiger partial charge in [-0.2, -0.15) is 5.26 Å². The van der Waals surface area contributed by atoms with Crippen molar-refractivity contribution in [3.05, 3.63) is 58.0 Å². The average Bonchev–Trinajstić information content (AvgIpc) is 2.58. The molecule has 0 unspecified atom stereocenters. The molecule has 0 heterocycles. The second-order valence-corrected chi connectivity index (χ2v) is 7.36. The molecule has 0 fully saturated rings. The van der Waals surface area contributed by atoms with Crippen LogP contribution in [0.4, 0.5) is 5.69 Å². The lowest BCUT2D eigenvalue weighted by molar-refractivity contribution is 0.318. The second kappa shape index (κ2) is 7.93. The number of hydrogen-bond acceptors (Lipinski definition) is 5. The molecule has 0 amide bonds. The van der Waals surface area contributed by atoms with E-state index in [-0.39, 0.29) is 11.5 Å². The zero-order valence-electron chi connectivity index (χ0n) is 14.8. The molecular formula is C19H20N2O4S. The van der Waals surface area contributed by atoms with Crippen LogP contribution in [-0.2, 0) is 10.0 Å². The summed E-state index contributed by atoms with van der Waals surface area (Å²) in [6.07, 6.45) is 1.23. The minimum absolute atomic E-state index is 0.0567. The van der Waals surface area contributed by atoms with Crippen LogP contribution in [0.25, 0.3) is 6.08 Å². The number of anilines is 1. The van der Waals surface area contributed by atoms with Crippen LogP contribution in [0, 0.1) is 25.2 Å². The van der Waals surface area contributed by atoms with Crippen molar-refractivity contribution in [2.75, 3.05) is 11.3 Å². The fourth-order valence-corrected chi connectivity index (χ4v) is 3.38. The summed E-state index contributed by atoms with van der Waals surface area (Å²) in [5.41, 5.74) is 2.61. The molecule has 0 aliphatic carbocycles. The maximum Gasteiger partial charge on any atom is 0.272 e. The number of phenols is 1. The number of nitriles is 1. The van der Waals surface area contributed by atoms with Crippen molar-refractivity contribution >= 4 is 21.8 Å². The largest absolute Gasteiger partial charge is 0.504 e. The molecular weight excluding hydrogens is 352 g/mol. The summed E-state index contributed by atoms with van der Waals surface area (Å²) in [5, 5.41) is 19.0. The molecule has 26 heavy (non-hydrogen) atoms. The number of ether oxygens (including phenoxy) is 1. The highest BCUT2D eigenvalue weighted by Crippen LogP contribution is 2.28. The molecule has 6 nitrogen and oxygen atoms in total. The molecule has 136 valence electrons. The number of rotatable bonds is 6. The van der Waals surface area contributed by atoms with Crippen molar-refractivity contribution in [1.29, 1.82) is 5.26 Å². The number of sulfonamides is 1. The molecule has 0 spiro atoms. The van der Waals surface area contributed by atoms with E-state index in [9.17, 15) is 18.8 Å². The lowest BCUT2D eigenvalue weighted by Gasteiger charge is -2.11. The minimum atomic E-state index is -4.05. The zero-order chi connectivity index (χ0) is 19.3. The topological polar surface area (TPSA) is 99.4 Å². The summed E-state index contributed by atoms with van der Waals surface area (Å²) in [5.74, 6) is 0.164. The van der Waals surface area contributed by atoms with Gasteiger partial charge in [0.05, 0.1) is 12.3 Å². The molecule has 0 radical (unpaired) electrons. The Hall–Kier alpha value is -2.98. The Balaban J connectivity index is 2.38. The molecule has 0 aromatic heterocycles. The maximum absolute atomic E-state index is 12.6. The SMILES string of the molecule is CCOc1cc(C=C(C#N)S(=O)(=O)Nc2ccc(C)cc2C)ccc1O. The summed E-state index contributed by atoms with van der Waals surface area (Å²) in [6, 6.07) is 11.4. The first-order valence-corrected chi connectivity index (χ1v) is 9.43. The molecule has 2 aromatic rings. The van der Waals surface area contributed by atoms with Crippen molar-refractivity contribution in [2.24, 2.45) is 0 Å². The Morgan fingerprint density at radius 2 is 2.00 bits per heavy atom. The number of aryl methyl sites for hydroxylation is 2. The van der Waals surface area contributed by atoms with Crippen LogP contribution in [0.2, 0.25) is 0 Å². The summed E-state index contributed by atoms with van der Waals surface area (Å²) in [6.45, 7) is 5.81. The molecule has 2 aromatic carbocycles.